The minimum atomic E-state index is 0.747. The first kappa shape index (κ1) is 11.3. The standard InChI is InChI=1S/C15H13ClN2/c1-10-4-3-9-18-11(2)14(17-15(10)18)12-5-7-13(16)8-6-12/h3-9H,1-2H3. The summed E-state index contributed by atoms with van der Waals surface area (Å²) in [6.07, 6.45) is 2.05. The van der Waals surface area contributed by atoms with Gasteiger partial charge >= 0.3 is 0 Å². The third kappa shape index (κ3) is 1.70. The molecule has 0 amide bonds. The van der Waals surface area contributed by atoms with Gasteiger partial charge in [-0.1, -0.05) is 29.8 Å². The van der Waals surface area contributed by atoms with E-state index in [0.29, 0.717) is 0 Å². The van der Waals surface area contributed by atoms with E-state index >= 15 is 0 Å². The largest absolute Gasteiger partial charge is 0.303 e. The fourth-order valence-electron chi connectivity index (χ4n) is 2.20. The van der Waals surface area contributed by atoms with Gasteiger partial charge in [0.25, 0.3) is 0 Å². The van der Waals surface area contributed by atoms with Crippen LogP contribution in [0.25, 0.3) is 16.9 Å². The highest BCUT2D eigenvalue weighted by Crippen LogP contribution is 2.26. The summed E-state index contributed by atoms with van der Waals surface area (Å²) in [6, 6.07) is 11.9. The molecule has 0 atom stereocenters. The van der Waals surface area contributed by atoms with Crippen molar-refractivity contribution in [2.45, 2.75) is 13.8 Å². The maximum absolute atomic E-state index is 5.92. The second-order valence-corrected chi connectivity index (χ2v) is 4.87. The van der Waals surface area contributed by atoms with Crippen LogP contribution in [0.3, 0.4) is 0 Å². The van der Waals surface area contributed by atoms with Gasteiger partial charge in [-0.15, -0.1) is 0 Å². The number of rotatable bonds is 1. The maximum atomic E-state index is 5.92. The molecular weight excluding hydrogens is 244 g/mol. The van der Waals surface area contributed by atoms with Crippen LogP contribution in [-0.4, -0.2) is 9.38 Å². The Labute approximate surface area is 111 Å². The molecule has 18 heavy (non-hydrogen) atoms. The van der Waals surface area contributed by atoms with Crippen LogP contribution in [-0.2, 0) is 0 Å². The topological polar surface area (TPSA) is 17.3 Å². The lowest BCUT2D eigenvalue weighted by atomic mass is 10.1. The molecule has 2 heterocycles. The van der Waals surface area contributed by atoms with Gasteiger partial charge in [-0.05, 0) is 37.6 Å². The average molecular weight is 257 g/mol. The Hall–Kier alpha value is -1.80. The lowest BCUT2D eigenvalue weighted by Gasteiger charge is -1.99. The molecule has 0 fully saturated rings. The monoisotopic (exact) mass is 256 g/mol. The van der Waals surface area contributed by atoms with Crippen molar-refractivity contribution in [3.63, 3.8) is 0 Å². The van der Waals surface area contributed by atoms with Gasteiger partial charge in [0.2, 0.25) is 0 Å². The van der Waals surface area contributed by atoms with Crippen molar-refractivity contribution in [2.75, 3.05) is 0 Å². The first-order chi connectivity index (χ1) is 8.66. The fraction of sp³-hybridized carbons (Fsp3) is 0.133. The number of hydrogen-bond donors (Lipinski definition) is 0. The Bertz CT molecular complexity index is 711. The van der Waals surface area contributed by atoms with E-state index in [1.54, 1.807) is 0 Å². The zero-order valence-corrected chi connectivity index (χ0v) is 11.1. The van der Waals surface area contributed by atoms with Crippen LogP contribution in [0.4, 0.5) is 0 Å². The van der Waals surface area contributed by atoms with Gasteiger partial charge in [0, 0.05) is 22.5 Å². The summed E-state index contributed by atoms with van der Waals surface area (Å²) < 4.78 is 2.12. The number of halogens is 1. The maximum Gasteiger partial charge on any atom is 0.140 e. The van der Waals surface area contributed by atoms with Crippen molar-refractivity contribution in [1.82, 2.24) is 9.38 Å². The van der Waals surface area contributed by atoms with E-state index in [4.69, 9.17) is 16.6 Å². The zero-order chi connectivity index (χ0) is 12.7. The summed E-state index contributed by atoms with van der Waals surface area (Å²) in [5.74, 6) is 0. The number of fused-ring (bicyclic) bond motifs is 1. The Morgan fingerprint density at radius 1 is 1.06 bits per heavy atom. The fourth-order valence-corrected chi connectivity index (χ4v) is 2.33. The molecule has 3 heteroatoms. The van der Waals surface area contributed by atoms with Crippen LogP contribution in [0.1, 0.15) is 11.3 Å². The van der Waals surface area contributed by atoms with Gasteiger partial charge in [0.15, 0.2) is 0 Å². The summed E-state index contributed by atoms with van der Waals surface area (Å²) >= 11 is 5.92. The van der Waals surface area contributed by atoms with Crippen LogP contribution >= 0.6 is 11.6 Å². The molecule has 0 bridgehead atoms. The Morgan fingerprint density at radius 2 is 1.78 bits per heavy atom. The number of aromatic nitrogens is 2. The first-order valence-corrected chi connectivity index (χ1v) is 6.25. The number of imidazole rings is 1. The molecule has 0 spiro atoms. The molecule has 0 N–H and O–H groups in total. The number of nitrogens with zero attached hydrogens (tertiary/aromatic N) is 2. The Balaban J connectivity index is 2.27. The van der Waals surface area contributed by atoms with Crippen LogP contribution in [0.15, 0.2) is 42.6 Å². The molecule has 0 saturated heterocycles. The molecule has 3 aromatic rings. The average Bonchev–Trinajstić information content (AvgIpc) is 2.70. The lowest BCUT2D eigenvalue weighted by Crippen LogP contribution is -1.88. The van der Waals surface area contributed by atoms with E-state index < -0.39 is 0 Å². The molecule has 0 aliphatic heterocycles. The molecule has 90 valence electrons. The summed E-state index contributed by atoms with van der Waals surface area (Å²) in [4.78, 5) is 4.73. The quantitative estimate of drug-likeness (QED) is 0.636. The van der Waals surface area contributed by atoms with E-state index in [-0.39, 0.29) is 0 Å². The molecule has 2 aromatic heterocycles. The first-order valence-electron chi connectivity index (χ1n) is 5.87. The highest BCUT2D eigenvalue weighted by molar-refractivity contribution is 6.30. The van der Waals surface area contributed by atoms with E-state index in [2.05, 4.69) is 24.3 Å². The van der Waals surface area contributed by atoms with Crippen LogP contribution in [0, 0.1) is 13.8 Å². The smallest absolute Gasteiger partial charge is 0.140 e. The van der Waals surface area contributed by atoms with Gasteiger partial charge < -0.3 is 4.40 Å². The normalized spacial score (nSPS) is 11.1. The Kier molecular flexibility index (Phi) is 2.60. The van der Waals surface area contributed by atoms with Crippen molar-refractivity contribution in [1.29, 1.82) is 0 Å². The minimum Gasteiger partial charge on any atom is -0.303 e. The summed E-state index contributed by atoms with van der Waals surface area (Å²) in [5, 5.41) is 0.747. The summed E-state index contributed by atoms with van der Waals surface area (Å²) in [6.45, 7) is 4.16. The van der Waals surface area contributed by atoms with Crippen molar-refractivity contribution in [2.24, 2.45) is 0 Å². The third-order valence-corrected chi connectivity index (χ3v) is 3.45. The zero-order valence-electron chi connectivity index (χ0n) is 10.3. The lowest BCUT2D eigenvalue weighted by molar-refractivity contribution is 1.10. The van der Waals surface area contributed by atoms with Crippen LogP contribution in [0.5, 0.6) is 0 Å². The highest BCUT2D eigenvalue weighted by Gasteiger charge is 2.11. The van der Waals surface area contributed by atoms with Crippen LogP contribution < -0.4 is 0 Å². The third-order valence-electron chi connectivity index (χ3n) is 3.20. The molecule has 0 unspecified atom stereocenters. The van der Waals surface area contributed by atoms with E-state index in [1.165, 1.54) is 5.56 Å². The van der Waals surface area contributed by atoms with E-state index in [9.17, 15) is 0 Å². The van der Waals surface area contributed by atoms with Gasteiger partial charge in [-0.3, -0.25) is 0 Å². The highest BCUT2D eigenvalue weighted by atomic mass is 35.5. The van der Waals surface area contributed by atoms with Gasteiger partial charge in [0.1, 0.15) is 5.65 Å². The molecule has 2 nitrogen and oxygen atoms in total. The molecule has 0 radical (unpaired) electrons. The van der Waals surface area contributed by atoms with Gasteiger partial charge in [-0.2, -0.15) is 0 Å². The number of hydrogen-bond acceptors (Lipinski definition) is 1. The van der Waals surface area contributed by atoms with Crippen molar-refractivity contribution in [3.8, 4) is 11.3 Å². The van der Waals surface area contributed by atoms with Gasteiger partial charge in [-0.25, -0.2) is 4.98 Å². The molecule has 1 aromatic carbocycles. The minimum absolute atomic E-state index is 0.747. The number of aryl methyl sites for hydroxylation is 2. The van der Waals surface area contributed by atoms with E-state index in [0.717, 1.165) is 27.6 Å². The summed E-state index contributed by atoms with van der Waals surface area (Å²) in [7, 11) is 0. The predicted molar refractivity (Wildman–Crippen MR) is 75.1 cm³/mol. The van der Waals surface area contributed by atoms with Crippen molar-refractivity contribution < 1.29 is 0 Å². The number of benzene rings is 1. The Morgan fingerprint density at radius 3 is 2.44 bits per heavy atom. The van der Waals surface area contributed by atoms with Crippen LogP contribution in [0.2, 0.25) is 5.02 Å². The summed E-state index contributed by atoms with van der Waals surface area (Å²) in [5.41, 5.74) is 5.46. The molecular formula is C15H13ClN2. The second-order valence-electron chi connectivity index (χ2n) is 4.44. The SMILES string of the molecule is Cc1cccn2c(C)c(-c3ccc(Cl)cc3)nc12. The number of pyridine rings is 1. The predicted octanol–water partition coefficient (Wildman–Crippen LogP) is 4.27. The molecule has 0 aliphatic rings. The molecule has 0 aliphatic carbocycles. The molecule has 3 rings (SSSR count). The second kappa shape index (κ2) is 4.14. The van der Waals surface area contributed by atoms with Crippen molar-refractivity contribution in [3.05, 3.63) is 58.9 Å². The molecule has 0 saturated carbocycles. The van der Waals surface area contributed by atoms with E-state index in [1.807, 2.05) is 36.5 Å². The van der Waals surface area contributed by atoms with Crippen molar-refractivity contribution >= 4 is 17.2 Å². The van der Waals surface area contributed by atoms with Gasteiger partial charge in [0.05, 0.1) is 5.69 Å².